The van der Waals surface area contributed by atoms with Gasteiger partial charge in [0.25, 0.3) is 0 Å². The third-order valence-electron chi connectivity index (χ3n) is 1.69. The predicted octanol–water partition coefficient (Wildman–Crippen LogP) is 0.668. The summed E-state index contributed by atoms with van der Waals surface area (Å²) in [5, 5.41) is 2.90. The number of rotatable bonds is 5. The SMILES string of the molecule is CS(=O)(=O)CCCNc1nc(N)cc(Br)n1. The molecule has 0 saturated carbocycles. The zero-order chi connectivity index (χ0) is 12.2. The van der Waals surface area contributed by atoms with E-state index in [1.807, 2.05) is 0 Å². The van der Waals surface area contributed by atoms with Crippen LogP contribution in [0.25, 0.3) is 0 Å². The second-order valence-electron chi connectivity index (χ2n) is 3.35. The van der Waals surface area contributed by atoms with E-state index in [-0.39, 0.29) is 5.75 Å². The number of halogens is 1. The van der Waals surface area contributed by atoms with E-state index in [1.54, 1.807) is 6.07 Å². The highest BCUT2D eigenvalue weighted by molar-refractivity contribution is 9.10. The van der Waals surface area contributed by atoms with Gasteiger partial charge in [0.05, 0.1) is 5.75 Å². The number of nitrogens with zero attached hydrogens (tertiary/aromatic N) is 2. The average Bonchev–Trinajstić information content (AvgIpc) is 2.09. The van der Waals surface area contributed by atoms with Gasteiger partial charge in [-0.25, -0.2) is 13.4 Å². The normalized spacial score (nSPS) is 11.4. The molecule has 0 atom stereocenters. The molecule has 8 heteroatoms. The third-order valence-corrected chi connectivity index (χ3v) is 3.13. The Kier molecular flexibility index (Phi) is 4.48. The Hall–Kier alpha value is -0.890. The fourth-order valence-corrected chi connectivity index (χ4v) is 2.12. The number of nitrogens with one attached hydrogen (secondary N) is 1. The van der Waals surface area contributed by atoms with Gasteiger partial charge in [-0.15, -0.1) is 0 Å². The molecule has 16 heavy (non-hydrogen) atoms. The Bertz CT molecular complexity index is 443. The van der Waals surface area contributed by atoms with Crippen molar-refractivity contribution in [1.82, 2.24) is 9.97 Å². The predicted molar refractivity (Wildman–Crippen MR) is 67.0 cm³/mol. The fourth-order valence-electron chi connectivity index (χ4n) is 1.05. The maximum Gasteiger partial charge on any atom is 0.225 e. The number of hydrogen-bond donors (Lipinski definition) is 2. The first-order chi connectivity index (χ1) is 7.37. The molecule has 1 rings (SSSR count). The zero-order valence-corrected chi connectivity index (χ0v) is 11.2. The molecule has 0 radical (unpaired) electrons. The molecule has 1 aromatic heterocycles. The van der Waals surface area contributed by atoms with Crippen LogP contribution in [0.5, 0.6) is 0 Å². The first kappa shape index (κ1) is 13.2. The zero-order valence-electron chi connectivity index (χ0n) is 8.77. The van der Waals surface area contributed by atoms with Crippen molar-refractivity contribution in [3.05, 3.63) is 10.7 Å². The second-order valence-corrected chi connectivity index (χ2v) is 6.42. The van der Waals surface area contributed by atoms with Crippen LogP contribution in [0.4, 0.5) is 11.8 Å². The number of hydrogen-bond acceptors (Lipinski definition) is 6. The van der Waals surface area contributed by atoms with Gasteiger partial charge in [-0.2, -0.15) is 4.98 Å². The standard InChI is InChI=1S/C8H13BrN4O2S/c1-16(14,15)4-2-3-11-8-12-6(9)5-7(10)13-8/h5H,2-4H2,1H3,(H3,10,11,12,13). The fraction of sp³-hybridized carbons (Fsp3) is 0.500. The van der Waals surface area contributed by atoms with Gasteiger partial charge in [-0.05, 0) is 22.4 Å². The lowest BCUT2D eigenvalue weighted by Crippen LogP contribution is -2.11. The van der Waals surface area contributed by atoms with Crippen LogP contribution >= 0.6 is 15.9 Å². The van der Waals surface area contributed by atoms with E-state index in [4.69, 9.17) is 5.73 Å². The van der Waals surface area contributed by atoms with Gasteiger partial charge < -0.3 is 11.1 Å². The van der Waals surface area contributed by atoms with Crippen molar-refractivity contribution in [2.24, 2.45) is 0 Å². The summed E-state index contributed by atoms with van der Waals surface area (Å²) in [6.07, 6.45) is 1.72. The minimum Gasteiger partial charge on any atom is -0.383 e. The summed E-state index contributed by atoms with van der Waals surface area (Å²) in [5.74, 6) is 0.886. The van der Waals surface area contributed by atoms with Crippen LogP contribution in [-0.2, 0) is 9.84 Å². The second kappa shape index (κ2) is 5.44. The summed E-state index contributed by atoms with van der Waals surface area (Å²) in [5.41, 5.74) is 5.52. The van der Waals surface area contributed by atoms with Crippen molar-refractivity contribution < 1.29 is 8.42 Å². The molecule has 0 unspecified atom stereocenters. The molecule has 0 aliphatic rings. The summed E-state index contributed by atoms with van der Waals surface area (Å²) >= 11 is 3.19. The maximum absolute atomic E-state index is 10.9. The van der Waals surface area contributed by atoms with Crippen molar-refractivity contribution in [2.45, 2.75) is 6.42 Å². The van der Waals surface area contributed by atoms with Gasteiger partial charge >= 0.3 is 0 Å². The van der Waals surface area contributed by atoms with Crippen molar-refractivity contribution in [1.29, 1.82) is 0 Å². The number of nitrogens with two attached hydrogens (primary N) is 1. The molecule has 0 aromatic carbocycles. The van der Waals surface area contributed by atoms with Crippen LogP contribution in [0.1, 0.15) is 6.42 Å². The number of aromatic nitrogens is 2. The summed E-state index contributed by atoms with van der Waals surface area (Å²) in [4.78, 5) is 7.98. The van der Waals surface area contributed by atoms with Crippen LogP contribution in [0, 0.1) is 0 Å². The number of nitrogen functional groups attached to an aromatic ring is 1. The van der Waals surface area contributed by atoms with Crippen LogP contribution in [0.15, 0.2) is 10.7 Å². The van der Waals surface area contributed by atoms with Gasteiger partial charge in [-0.3, -0.25) is 0 Å². The summed E-state index contributed by atoms with van der Waals surface area (Å²) < 4.78 is 22.3. The maximum atomic E-state index is 10.9. The van der Waals surface area contributed by atoms with E-state index in [2.05, 4.69) is 31.2 Å². The average molecular weight is 309 g/mol. The lowest BCUT2D eigenvalue weighted by Gasteiger charge is -2.05. The highest BCUT2D eigenvalue weighted by atomic mass is 79.9. The minimum atomic E-state index is -2.91. The molecule has 0 aliphatic carbocycles. The first-order valence-corrected chi connectivity index (χ1v) is 7.44. The van der Waals surface area contributed by atoms with Gasteiger partial charge in [-0.1, -0.05) is 0 Å². The van der Waals surface area contributed by atoms with Gasteiger partial charge in [0.15, 0.2) is 0 Å². The van der Waals surface area contributed by atoms with Crippen LogP contribution in [0.3, 0.4) is 0 Å². The lowest BCUT2D eigenvalue weighted by molar-refractivity contribution is 0.600. The molecule has 90 valence electrons. The molecular formula is C8H13BrN4O2S. The van der Waals surface area contributed by atoms with Gasteiger partial charge in [0.1, 0.15) is 20.3 Å². The van der Waals surface area contributed by atoms with Crippen LogP contribution in [0.2, 0.25) is 0 Å². The van der Waals surface area contributed by atoms with Crippen LogP contribution < -0.4 is 11.1 Å². The third kappa shape index (κ3) is 5.26. The van der Waals surface area contributed by atoms with Crippen molar-refractivity contribution in [2.75, 3.05) is 29.6 Å². The summed E-state index contributed by atoms with van der Waals surface area (Å²) in [7, 11) is -2.91. The van der Waals surface area contributed by atoms with Crippen LogP contribution in [-0.4, -0.2) is 36.9 Å². The highest BCUT2D eigenvalue weighted by Crippen LogP contribution is 2.12. The van der Waals surface area contributed by atoms with E-state index in [0.717, 1.165) is 0 Å². The van der Waals surface area contributed by atoms with Crippen molar-refractivity contribution >= 4 is 37.5 Å². The minimum absolute atomic E-state index is 0.142. The Morgan fingerprint density at radius 2 is 2.19 bits per heavy atom. The molecule has 0 fully saturated rings. The van der Waals surface area contributed by atoms with Crippen molar-refractivity contribution in [3.8, 4) is 0 Å². The van der Waals surface area contributed by atoms with E-state index < -0.39 is 9.84 Å². The van der Waals surface area contributed by atoms with E-state index in [0.29, 0.717) is 29.3 Å². The molecule has 6 nitrogen and oxygen atoms in total. The molecule has 0 aliphatic heterocycles. The quantitative estimate of drug-likeness (QED) is 0.613. The van der Waals surface area contributed by atoms with E-state index >= 15 is 0 Å². The largest absolute Gasteiger partial charge is 0.383 e. The Balaban J connectivity index is 2.43. The molecule has 3 N–H and O–H groups in total. The lowest BCUT2D eigenvalue weighted by atomic mass is 10.5. The molecular weight excluding hydrogens is 296 g/mol. The smallest absolute Gasteiger partial charge is 0.225 e. The molecule has 1 heterocycles. The number of sulfone groups is 1. The number of anilines is 2. The van der Waals surface area contributed by atoms with E-state index in [1.165, 1.54) is 6.26 Å². The van der Waals surface area contributed by atoms with Gasteiger partial charge in [0, 0.05) is 18.9 Å². The molecule has 0 bridgehead atoms. The Labute approximate surface area is 103 Å². The Morgan fingerprint density at radius 3 is 2.75 bits per heavy atom. The molecule has 1 aromatic rings. The molecule has 0 saturated heterocycles. The topological polar surface area (TPSA) is 98.0 Å². The van der Waals surface area contributed by atoms with Crippen molar-refractivity contribution in [3.63, 3.8) is 0 Å². The Morgan fingerprint density at radius 1 is 1.50 bits per heavy atom. The highest BCUT2D eigenvalue weighted by Gasteiger charge is 2.03. The van der Waals surface area contributed by atoms with E-state index in [9.17, 15) is 8.42 Å². The first-order valence-electron chi connectivity index (χ1n) is 4.58. The summed E-state index contributed by atoms with van der Waals surface area (Å²) in [6, 6.07) is 1.59. The monoisotopic (exact) mass is 308 g/mol. The summed E-state index contributed by atoms with van der Waals surface area (Å²) in [6.45, 7) is 0.489. The molecule has 0 spiro atoms. The molecule has 0 amide bonds. The van der Waals surface area contributed by atoms with Gasteiger partial charge in [0.2, 0.25) is 5.95 Å².